The molecule has 1 amide bonds. The Kier molecular flexibility index (Phi) is 6.64. The van der Waals surface area contributed by atoms with E-state index in [-0.39, 0.29) is 5.91 Å². The first kappa shape index (κ1) is 20.4. The van der Waals surface area contributed by atoms with Crippen LogP contribution in [-0.2, 0) is 17.9 Å². The summed E-state index contributed by atoms with van der Waals surface area (Å²) in [6.07, 6.45) is 3.88. The van der Waals surface area contributed by atoms with Crippen molar-refractivity contribution >= 4 is 16.9 Å². The van der Waals surface area contributed by atoms with Gasteiger partial charge in [0.1, 0.15) is 11.6 Å². The first-order valence-corrected chi connectivity index (χ1v) is 10.8. The van der Waals surface area contributed by atoms with Crippen molar-refractivity contribution in [2.24, 2.45) is 5.92 Å². The zero-order valence-electron chi connectivity index (χ0n) is 17.6. The van der Waals surface area contributed by atoms with E-state index in [1.54, 1.807) is 7.11 Å². The van der Waals surface area contributed by atoms with Gasteiger partial charge in [-0.3, -0.25) is 9.69 Å². The van der Waals surface area contributed by atoms with Gasteiger partial charge < -0.3 is 15.0 Å². The monoisotopic (exact) mass is 406 g/mol. The molecule has 1 atom stereocenters. The summed E-state index contributed by atoms with van der Waals surface area (Å²) in [7, 11) is 1.65. The lowest BCUT2D eigenvalue weighted by molar-refractivity contribution is -0.121. The number of likely N-dealkylation sites (tertiary alicyclic amines) is 1. The lowest BCUT2D eigenvalue weighted by Crippen LogP contribution is -2.35. The van der Waals surface area contributed by atoms with Gasteiger partial charge in [-0.2, -0.15) is 0 Å². The van der Waals surface area contributed by atoms with Crippen molar-refractivity contribution in [1.29, 1.82) is 0 Å². The average Bonchev–Trinajstić information content (AvgIpc) is 3.19. The molecule has 158 valence electrons. The lowest BCUT2D eigenvalue weighted by atomic mass is 9.93. The van der Waals surface area contributed by atoms with E-state index in [2.05, 4.69) is 21.3 Å². The minimum atomic E-state index is 0.118. The summed E-state index contributed by atoms with van der Waals surface area (Å²) in [6, 6.07) is 16.0. The average molecular weight is 407 g/mol. The number of piperidine rings is 1. The fourth-order valence-electron chi connectivity index (χ4n) is 4.23. The van der Waals surface area contributed by atoms with E-state index < -0.39 is 0 Å². The van der Waals surface area contributed by atoms with Gasteiger partial charge in [0.15, 0.2) is 0 Å². The predicted octanol–water partition coefficient (Wildman–Crippen LogP) is 3.88. The molecule has 3 aromatic rings. The molecule has 1 aliphatic rings. The molecule has 1 aliphatic heterocycles. The van der Waals surface area contributed by atoms with Crippen molar-refractivity contribution in [2.75, 3.05) is 20.2 Å². The van der Waals surface area contributed by atoms with Crippen molar-refractivity contribution < 1.29 is 9.53 Å². The molecule has 2 heterocycles. The molecule has 0 radical (unpaired) electrons. The van der Waals surface area contributed by atoms with Gasteiger partial charge in [-0.05, 0) is 61.6 Å². The first-order valence-electron chi connectivity index (χ1n) is 10.8. The molecular weight excluding hydrogens is 376 g/mol. The molecule has 0 aliphatic carbocycles. The van der Waals surface area contributed by atoms with E-state index in [4.69, 9.17) is 9.72 Å². The standard InChI is InChI=1S/C24H30N4O2/c1-30-20-8-4-6-19(14-20)15-25-24(29)12-11-18-7-5-13-28(16-18)17-23-26-21-9-2-3-10-22(21)27-23/h2-4,6,8-10,14,18H,5,7,11-13,15-17H2,1H3,(H,25,29)(H,26,27)/t18-/m1/s1. The molecule has 1 fully saturated rings. The fraction of sp³-hybridized carbons (Fsp3) is 0.417. The van der Waals surface area contributed by atoms with Gasteiger partial charge in [0.2, 0.25) is 5.91 Å². The number of carbonyl (C=O) groups is 1. The first-order chi connectivity index (χ1) is 14.7. The van der Waals surface area contributed by atoms with Crippen LogP contribution in [0, 0.1) is 5.92 Å². The van der Waals surface area contributed by atoms with Crippen LogP contribution in [-0.4, -0.2) is 41.0 Å². The molecule has 4 rings (SSSR count). The number of ether oxygens (including phenoxy) is 1. The lowest BCUT2D eigenvalue weighted by Gasteiger charge is -2.32. The Labute approximate surface area is 177 Å². The highest BCUT2D eigenvalue weighted by molar-refractivity contribution is 5.76. The number of para-hydroxylation sites is 2. The molecule has 1 saturated heterocycles. The van der Waals surface area contributed by atoms with Gasteiger partial charge in [-0.25, -0.2) is 4.98 Å². The fourth-order valence-corrected chi connectivity index (χ4v) is 4.23. The minimum absolute atomic E-state index is 0.118. The number of imidazole rings is 1. The maximum Gasteiger partial charge on any atom is 0.220 e. The van der Waals surface area contributed by atoms with Gasteiger partial charge in [-0.15, -0.1) is 0 Å². The van der Waals surface area contributed by atoms with Crippen LogP contribution in [0.5, 0.6) is 5.75 Å². The van der Waals surface area contributed by atoms with Crippen molar-refractivity contribution in [3.05, 3.63) is 59.9 Å². The van der Waals surface area contributed by atoms with E-state index >= 15 is 0 Å². The number of rotatable bonds is 8. The van der Waals surface area contributed by atoms with Gasteiger partial charge >= 0.3 is 0 Å². The third kappa shape index (κ3) is 5.39. The second-order valence-electron chi connectivity index (χ2n) is 8.11. The highest BCUT2D eigenvalue weighted by Gasteiger charge is 2.21. The number of carbonyl (C=O) groups excluding carboxylic acids is 1. The van der Waals surface area contributed by atoms with Crippen LogP contribution >= 0.6 is 0 Å². The number of aromatic nitrogens is 2. The highest BCUT2D eigenvalue weighted by atomic mass is 16.5. The van der Waals surface area contributed by atoms with Crippen LogP contribution in [0.3, 0.4) is 0 Å². The summed E-state index contributed by atoms with van der Waals surface area (Å²) in [4.78, 5) is 22.9. The molecule has 0 bridgehead atoms. The molecule has 6 nitrogen and oxygen atoms in total. The summed E-state index contributed by atoms with van der Waals surface area (Å²) in [5, 5.41) is 3.03. The number of hydrogen-bond acceptors (Lipinski definition) is 4. The molecule has 0 unspecified atom stereocenters. The summed E-state index contributed by atoms with van der Waals surface area (Å²) in [5.41, 5.74) is 3.17. The highest BCUT2D eigenvalue weighted by Crippen LogP contribution is 2.23. The summed E-state index contributed by atoms with van der Waals surface area (Å²) < 4.78 is 5.23. The van der Waals surface area contributed by atoms with Gasteiger partial charge in [-0.1, -0.05) is 24.3 Å². The quantitative estimate of drug-likeness (QED) is 0.596. The van der Waals surface area contributed by atoms with E-state index in [1.807, 2.05) is 42.5 Å². The van der Waals surface area contributed by atoms with Crippen LogP contribution in [0.1, 0.15) is 37.1 Å². The third-order valence-electron chi connectivity index (χ3n) is 5.82. The molecule has 1 aromatic heterocycles. The minimum Gasteiger partial charge on any atom is -0.497 e. The molecule has 2 aromatic carbocycles. The Morgan fingerprint density at radius 2 is 2.17 bits per heavy atom. The number of amides is 1. The number of benzene rings is 2. The summed E-state index contributed by atoms with van der Waals surface area (Å²) in [5.74, 6) is 2.51. The normalized spacial score (nSPS) is 17.2. The molecule has 6 heteroatoms. The number of fused-ring (bicyclic) bond motifs is 1. The van der Waals surface area contributed by atoms with Crippen LogP contribution in [0.15, 0.2) is 48.5 Å². The molecular formula is C24H30N4O2. The van der Waals surface area contributed by atoms with E-state index in [9.17, 15) is 4.79 Å². The maximum absolute atomic E-state index is 12.3. The van der Waals surface area contributed by atoms with Crippen molar-refractivity contribution in [3.63, 3.8) is 0 Å². The van der Waals surface area contributed by atoms with Crippen LogP contribution in [0.25, 0.3) is 11.0 Å². The number of aromatic amines is 1. The van der Waals surface area contributed by atoms with Crippen LogP contribution in [0.4, 0.5) is 0 Å². The van der Waals surface area contributed by atoms with Gasteiger partial charge in [0.25, 0.3) is 0 Å². The Balaban J connectivity index is 1.22. The Morgan fingerprint density at radius 1 is 1.27 bits per heavy atom. The topological polar surface area (TPSA) is 70.2 Å². The van der Waals surface area contributed by atoms with Crippen LogP contribution < -0.4 is 10.1 Å². The van der Waals surface area contributed by atoms with Gasteiger partial charge in [0, 0.05) is 19.5 Å². The van der Waals surface area contributed by atoms with Crippen molar-refractivity contribution in [1.82, 2.24) is 20.2 Å². The summed E-state index contributed by atoms with van der Waals surface area (Å²) >= 11 is 0. The largest absolute Gasteiger partial charge is 0.497 e. The number of nitrogens with zero attached hydrogens (tertiary/aromatic N) is 2. The summed E-state index contributed by atoms with van der Waals surface area (Å²) in [6.45, 7) is 3.50. The SMILES string of the molecule is COc1cccc(CNC(=O)CC[C@H]2CCCN(Cc3nc4ccccc4[nH]3)C2)c1. The van der Waals surface area contributed by atoms with E-state index in [0.29, 0.717) is 18.9 Å². The Hall–Kier alpha value is -2.86. The van der Waals surface area contributed by atoms with Crippen LogP contribution in [0.2, 0.25) is 0 Å². The second kappa shape index (κ2) is 9.76. The zero-order chi connectivity index (χ0) is 20.8. The number of hydrogen-bond donors (Lipinski definition) is 2. The molecule has 2 N–H and O–H groups in total. The van der Waals surface area contributed by atoms with Crippen molar-refractivity contribution in [3.8, 4) is 5.75 Å². The van der Waals surface area contributed by atoms with E-state index in [0.717, 1.165) is 54.2 Å². The number of methoxy groups -OCH3 is 1. The molecule has 30 heavy (non-hydrogen) atoms. The zero-order valence-corrected chi connectivity index (χ0v) is 17.6. The number of H-pyrrole nitrogens is 1. The molecule has 0 saturated carbocycles. The van der Waals surface area contributed by atoms with Crippen molar-refractivity contribution in [2.45, 2.75) is 38.8 Å². The maximum atomic E-state index is 12.3. The second-order valence-corrected chi connectivity index (χ2v) is 8.11. The number of nitrogens with one attached hydrogen (secondary N) is 2. The predicted molar refractivity (Wildman–Crippen MR) is 118 cm³/mol. The smallest absolute Gasteiger partial charge is 0.220 e. The third-order valence-corrected chi connectivity index (χ3v) is 5.82. The molecule has 0 spiro atoms. The Morgan fingerprint density at radius 3 is 3.03 bits per heavy atom. The van der Waals surface area contributed by atoms with Gasteiger partial charge in [0.05, 0.1) is 24.7 Å². The van der Waals surface area contributed by atoms with E-state index in [1.165, 1.54) is 12.8 Å². The Bertz CT molecular complexity index is 951.